The van der Waals surface area contributed by atoms with Crippen molar-refractivity contribution in [2.24, 2.45) is 5.92 Å². The van der Waals surface area contributed by atoms with Gasteiger partial charge in [-0.2, -0.15) is 0 Å². The molecule has 0 aromatic heterocycles. The predicted octanol–water partition coefficient (Wildman–Crippen LogP) is 2.64. The van der Waals surface area contributed by atoms with Gasteiger partial charge < -0.3 is 20.1 Å². The molecule has 6 heteroatoms. The van der Waals surface area contributed by atoms with Crippen LogP contribution < -0.4 is 10.1 Å². The maximum absolute atomic E-state index is 12.4. The number of aliphatic carboxylic acids is 1. The predicted molar refractivity (Wildman–Crippen MR) is 83.4 cm³/mol. The number of rotatable bonds is 3. The van der Waals surface area contributed by atoms with Gasteiger partial charge in [0.1, 0.15) is 5.75 Å². The van der Waals surface area contributed by atoms with Gasteiger partial charge in [-0.05, 0) is 37.8 Å². The summed E-state index contributed by atoms with van der Waals surface area (Å²) in [5.41, 5.74) is 2.63. The summed E-state index contributed by atoms with van der Waals surface area (Å²) < 4.78 is 5.27. The molecule has 6 nitrogen and oxygen atoms in total. The molecule has 0 bridgehead atoms. The van der Waals surface area contributed by atoms with Crippen LogP contribution in [0.25, 0.3) is 0 Å². The number of aryl methyl sites for hydroxylation is 2. The van der Waals surface area contributed by atoms with Gasteiger partial charge >= 0.3 is 12.0 Å². The second-order valence-electron chi connectivity index (χ2n) is 5.69. The van der Waals surface area contributed by atoms with E-state index in [1.165, 1.54) is 0 Å². The zero-order valence-electron chi connectivity index (χ0n) is 13.2. The minimum Gasteiger partial charge on any atom is -0.496 e. The number of anilines is 1. The highest BCUT2D eigenvalue weighted by molar-refractivity contribution is 5.91. The third-order valence-electron chi connectivity index (χ3n) is 4.04. The number of hydrogen-bond donors (Lipinski definition) is 2. The van der Waals surface area contributed by atoms with Crippen LogP contribution in [0.15, 0.2) is 12.1 Å². The van der Waals surface area contributed by atoms with Gasteiger partial charge in [0.15, 0.2) is 0 Å². The molecule has 1 atom stereocenters. The minimum atomic E-state index is -0.842. The number of urea groups is 1. The Bertz CT molecular complexity index is 586. The van der Waals surface area contributed by atoms with Crippen molar-refractivity contribution in [2.75, 3.05) is 25.5 Å². The fourth-order valence-electron chi connectivity index (χ4n) is 2.74. The highest BCUT2D eigenvalue weighted by atomic mass is 16.5. The van der Waals surface area contributed by atoms with E-state index in [0.29, 0.717) is 30.8 Å². The van der Waals surface area contributed by atoms with Gasteiger partial charge in [-0.15, -0.1) is 0 Å². The van der Waals surface area contributed by atoms with Crippen molar-refractivity contribution in [2.45, 2.75) is 26.7 Å². The standard InChI is InChI=1S/C16H22N2O4/c1-10-7-11(2)14(22-3)8-13(10)17-16(21)18-6-4-5-12(9-18)15(19)20/h7-8,12H,4-6,9H2,1-3H3,(H,17,21)(H,19,20). The Balaban J connectivity index is 2.10. The van der Waals surface area contributed by atoms with Crippen LogP contribution in [0.2, 0.25) is 0 Å². The molecule has 1 aromatic carbocycles. The third kappa shape index (κ3) is 3.50. The van der Waals surface area contributed by atoms with Crippen molar-refractivity contribution in [1.29, 1.82) is 0 Å². The average Bonchev–Trinajstić information content (AvgIpc) is 2.50. The molecule has 1 aliphatic rings. The molecule has 0 aliphatic carbocycles. The van der Waals surface area contributed by atoms with Crippen LogP contribution in [0.1, 0.15) is 24.0 Å². The second-order valence-corrected chi connectivity index (χ2v) is 5.69. The van der Waals surface area contributed by atoms with Crippen LogP contribution in [0, 0.1) is 19.8 Å². The Hall–Kier alpha value is -2.24. The number of carbonyl (C=O) groups excluding carboxylic acids is 1. The maximum atomic E-state index is 12.4. The number of methoxy groups -OCH3 is 1. The topological polar surface area (TPSA) is 78.9 Å². The number of ether oxygens (including phenoxy) is 1. The van der Waals surface area contributed by atoms with E-state index >= 15 is 0 Å². The van der Waals surface area contributed by atoms with E-state index in [1.54, 1.807) is 18.1 Å². The Morgan fingerprint density at radius 1 is 1.32 bits per heavy atom. The van der Waals surface area contributed by atoms with Crippen molar-refractivity contribution in [3.05, 3.63) is 23.3 Å². The second kappa shape index (κ2) is 6.68. The zero-order chi connectivity index (χ0) is 16.3. The first kappa shape index (κ1) is 16.1. The monoisotopic (exact) mass is 306 g/mol. The van der Waals surface area contributed by atoms with Gasteiger partial charge in [0, 0.05) is 24.8 Å². The molecular weight excluding hydrogens is 284 g/mol. The van der Waals surface area contributed by atoms with Crippen LogP contribution in [0.5, 0.6) is 5.75 Å². The number of carbonyl (C=O) groups is 2. The lowest BCUT2D eigenvalue weighted by molar-refractivity contribution is -0.143. The molecule has 1 fully saturated rings. The summed E-state index contributed by atoms with van der Waals surface area (Å²) in [6, 6.07) is 3.48. The molecule has 2 N–H and O–H groups in total. The first-order valence-corrected chi connectivity index (χ1v) is 7.36. The summed E-state index contributed by atoms with van der Waals surface area (Å²) in [6.07, 6.45) is 1.33. The van der Waals surface area contributed by atoms with Crippen LogP contribution in [0.4, 0.5) is 10.5 Å². The highest BCUT2D eigenvalue weighted by Crippen LogP contribution is 2.27. The van der Waals surface area contributed by atoms with Gasteiger partial charge in [0.2, 0.25) is 0 Å². The van der Waals surface area contributed by atoms with Crippen LogP contribution in [-0.4, -0.2) is 42.2 Å². The van der Waals surface area contributed by atoms with Gasteiger partial charge in [0.05, 0.1) is 13.0 Å². The fourth-order valence-corrected chi connectivity index (χ4v) is 2.74. The summed E-state index contributed by atoms with van der Waals surface area (Å²) in [5, 5.41) is 12.0. The smallest absolute Gasteiger partial charge is 0.321 e. The number of carboxylic acid groups (broad SMARTS) is 1. The van der Waals surface area contributed by atoms with Crippen molar-refractivity contribution in [1.82, 2.24) is 4.90 Å². The molecule has 2 amide bonds. The number of hydrogen-bond acceptors (Lipinski definition) is 3. The van der Waals surface area contributed by atoms with Crippen molar-refractivity contribution < 1.29 is 19.4 Å². The quantitative estimate of drug-likeness (QED) is 0.900. The summed E-state index contributed by atoms with van der Waals surface area (Å²) in [5.74, 6) is -0.609. The number of nitrogens with zero attached hydrogens (tertiary/aromatic N) is 1. The number of likely N-dealkylation sites (tertiary alicyclic amines) is 1. The van der Waals surface area contributed by atoms with Crippen LogP contribution in [0.3, 0.4) is 0 Å². The largest absolute Gasteiger partial charge is 0.496 e. The summed E-state index contributed by atoms with van der Waals surface area (Å²) >= 11 is 0. The molecule has 1 unspecified atom stereocenters. The van der Waals surface area contributed by atoms with E-state index in [1.807, 2.05) is 19.9 Å². The first-order chi connectivity index (χ1) is 10.4. The molecule has 0 saturated carbocycles. The number of piperidine rings is 1. The lowest BCUT2D eigenvalue weighted by Crippen LogP contribution is -2.44. The lowest BCUT2D eigenvalue weighted by atomic mass is 9.99. The number of nitrogens with one attached hydrogen (secondary N) is 1. The molecule has 1 heterocycles. The zero-order valence-corrected chi connectivity index (χ0v) is 13.2. The minimum absolute atomic E-state index is 0.253. The fraction of sp³-hybridized carbons (Fsp3) is 0.500. The molecule has 1 aliphatic heterocycles. The normalized spacial score (nSPS) is 18.0. The Kier molecular flexibility index (Phi) is 4.90. The maximum Gasteiger partial charge on any atom is 0.321 e. The van der Waals surface area contributed by atoms with Gasteiger partial charge in [0.25, 0.3) is 0 Å². The van der Waals surface area contributed by atoms with Crippen molar-refractivity contribution in [3.8, 4) is 5.75 Å². The summed E-state index contributed by atoms with van der Waals surface area (Å²) in [7, 11) is 1.59. The third-order valence-corrected chi connectivity index (χ3v) is 4.04. The Labute approximate surface area is 130 Å². The van der Waals surface area contributed by atoms with Gasteiger partial charge in [-0.3, -0.25) is 4.79 Å². The van der Waals surface area contributed by atoms with E-state index < -0.39 is 11.9 Å². The van der Waals surface area contributed by atoms with Crippen LogP contribution >= 0.6 is 0 Å². The SMILES string of the molecule is COc1cc(NC(=O)N2CCCC(C(=O)O)C2)c(C)cc1C. The first-order valence-electron chi connectivity index (χ1n) is 7.36. The van der Waals surface area contributed by atoms with E-state index in [-0.39, 0.29) is 12.6 Å². The van der Waals surface area contributed by atoms with Gasteiger partial charge in [-0.1, -0.05) is 6.07 Å². The molecule has 1 saturated heterocycles. The molecular formula is C16H22N2O4. The Morgan fingerprint density at radius 2 is 2.05 bits per heavy atom. The van der Waals surface area contributed by atoms with E-state index in [9.17, 15) is 9.59 Å². The molecule has 0 radical (unpaired) electrons. The van der Waals surface area contributed by atoms with Gasteiger partial charge in [-0.25, -0.2) is 4.79 Å². The van der Waals surface area contributed by atoms with Crippen LogP contribution in [-0.2, 0) is 4.79 Å². The van der Waals surface area contributed by atoms with E-state index in [0.717, 1.165) is 11.1 Å². The molecule has 2 rings (SSSR count). The molecule has 1 aromatic rings. The average molecular weight is 306 g/mol. The summed E-state index contributed by atoms with van der Waals surface area (Å²) in [4.78, 5) is 25.0. The molecule has 0 spiro atoms. The number of amides is 2. The van der Waals surface area contributed by atoms with E-state index in [4.69, 9.17) is 9.84 Å². The van der Waals surface area contributed by atoms with Crippen molar-refractivity contribution in [3.63, 3.8) is 0 Å². The highest BCUT2D eigenvalue weighted by Gasteiger charge is 2.28. The summed E-state index contributed by atoms with van der Waals surface area (Å²) in [6.45, 7) is 4.69. The molecule has 22 heavy (non-hydrogen) atoms. The lowest BCUT2D eigenvalue weighted by Gasteiger charge is -2.31. The number of carboxylic acids is 1. The van der Waals surface area contributed by atoms with E-state index in [2.05, 4.69) is 5.32 Å². The van der Waals surface area contributed by atoms with Crippen molar-refractivity contribution >= 4 is 17.7 Å². The molecule has 120 valence electrons. The number of benzene rings is 1. The Morgan fingerprint density at radius 3 is 2.68 bits per heavy atom.